The van der Waals surface area contributed by atoms with E-state index >= 15 is 0 Å². The molecule has 3 nitrogen and oxygen atoms in total. The van der Waals surface area contributed by atoms with Crippen molar-refractivity contribution in [1.82, 2.24) is 9.80 Å². The lowest BCUT2D eigenvalue weighted by molar-refractivity contribution is -0.131. The average Bonchev–Trinajstić information content (AvgIpc) is 2.27. The summed E-state index contributed by atoms with van der Waals surface area (Å²) >= 11 is 3.43. The largest absolute Gasteiger partial charge is 0.342 e. The molecule has 0 N–H and O–H groups in total. The fourth-order valence-corrected chi connectivity index (χ4v) is 2.51. The van der Waals surface area contributed by atoms with Crippen molar-refractivity contribution in [3.05, 3.63) is 0 Å². The van der Waals surface area contributed by atoms with Crippen molar-refractivity contribution in [1.29, 1.82) is 0 Å². The molecule has 1 atom stereocenters. The summed E-state index contributed by atoms with van der Waals surface area (Å²) in [5, 5.41) is 0. The van der Waals surface area contributed by atoms with Crippen molar-refractivity contribution < 1.29 is 4.79 Å². The number of piperidine rings is 1. The summed E-state index contributed by atoms with van der Waals surface area (Å²) < 4.78 is 0. The van der Waals surface area contributed by atoms with Gasteiger partial charge in [0.1, 0.15) is 0 Å². The second-order valence-corrected chi connectivity index (χ2v) is 6.01. The Hall–Kier alpha value is -0.0900. The van der Waals surface area contributed by atoms with Crippen LogP contribution < -0.4 is 0 Å². The number of likely N-dealkylation sites (tertiary alicyclic amines) is 1. The van der Waals surface area contributed by atoms with E-state index in [1.165, 1.54) is 0 Å². The molecule has 0 aromatic rings. The zero-order valence-electron chi connectivity index (χ0n) is 10.6. The molecule has 1 aliphatic rings. The van der Waals surface area contributed by atoms with Crippen LogP contribution in [0.15, 0.2) is 0 Å². The molecule has 1 heterocycles. The molecule has 16 heavy (non-hydrogen) atoms. The van der Waals surface area contributed by atoms with Crippen LogP contribution in [0.4, 0.5) is 0 Å². The maximum atomic E-state index is 11.9. The van der Waals surface area contributed by atoms with Crippen molar-refractivity contribution in [3.8, 4) is 0 Å². The monoisotopic (exact) mass is 290 g/mol. The molecule has 0 bridgehead atoms. The zero-order chi connectivity index (χ0) is 12.1. The zero-order valence-corrected chi connectivity index (χ0v) is 12.2. The fourth-order valence-electron chi connectivity index (χ4n) is 2.23. The first-order valence-electron chi connectivity index (χ1n) is 6.12. The summed E-state index contributed by atoms with van der Waals surface area (Å²) in [5.41, 5.74) is 0. The van der Waals surface area contributed by atoms with Gasteiger partial charge in [0, 0.05) is 19.6 Å². The second kappa shape index (κ2) is 6.60. The molecule has 0 spiro atoms. The van der Waals surface area contributed by atoms with Crippen molar-refractivity contribution >= 4 is 21.8 Å². The highest BCUT2D eigenvalue weighted by Gasteiger charge is 2.25. The van der Waals surface area contributed by atoms with Crippen LogP contribution in [0.25, 0.3) is 0 Å². The van der Waals surface area contributed by atoms with Gasteiger partial charge in [-0.15, -0.1) is 0 Å². The van der Waals surface area contributed by atoms with Gasteiger partial charge in [-0.2, -0.15) is 0 Å². The summed E-state index contributed by atoms with van der Waals surface area (Å²) in [6, 6.07) is 0. The molecule has 1 unspecified atom stereocenters. The Morgan fingerprint density at radius 3 is 2.44 bits per heavy atom. The van der Waals surface area contributed by atoms with E-state index in [4.69, 9.17) is 0 Å². The molecule has 0 aromatic heterocycles. The van der Waals surface area contributed by atoms with Gasteiger partial charge in [0.2, 0.25) is 5.91 Å². The third-order valence-electron chi connectivity index (χ3n) is 3.18. The van der Waals surface area contributed by atoms with E-state index in [0.717, 1.165) is 44.8 Å². The van der Waals surface area contributed by atoms with Crippen LogP contribution >= 0.6 is 15.9 Å². The van der Waals surface area contributed by atoms with E-state index in [-0.39, 0.29) is 10.7 Å². The van der Waals surface area contributed by atoms with Gasteiger partial charge in [0.15, 0.2) is 0 Å². The molecule has 94 valence electrons. The summed E-state index contributed by atoms with van der Waals surface area (Å²) in [7, 11) is 4.23. The van der Waals surface area contributed by atoms with E-state index in [1.54, 1.807) is 0 Å². The van der Waals surface area contributed by atoms with Gasteiger partial charge < -0.3 is 9.80 Å². The number of rotatable bonds is 4. The molecule has 0 radical (unpaired) electrons. The Bertz CT molecular complexity index is 225. The fraction of sp³-hybridized carbons (Fsp3) is 0.917. The summed E-state index contributed by atoms with van der Waals surface area (Å²) in [6.07, 6.45) is 3.16. The SMILES string of the molecule is CCC(Br)C(=O)N1CCC(CN(C)C)CC1. The molecule has 1 aliphatic heterocycles. The highest BCUT2D eigenvalue weighted by atomic mass is 79.9. The molecule has 0 aliphatic carbocycles. The van der Waals surface area contributed by atoms with E-state index < -0.39 is 0 Å². The maximum Gasteiger partial charge on any atom is 0.236 e. The van der Waals surface area contributed by atoms with Crippen molar-refractivity contribution in [2.75, 3.05) is 33.7 Å². The van der Waals surface area contributed by atoms with Gasteiger partial charge in [-0.05, 0) is 39.3 Å². The smallest absolute Gasteiger partial charge is 0.236 e. The highest BCUT2D eigenvalue weighted by Crippen LogP contribution is 2.20. The van der Waals surface area contributed by atoms with Crippen LogP contribution in [-0.2, 0) is 4.79 Å². The van der Waals surface area contributed by atoms with Gasteiger partial charge >= 0.3 is 0 Å². The number of nitrogens with zero attached hydrogens (tertiary/aromatic N) is 2. The number of hydrogen-bond donors (Lipinski definition) is 0. The van der Waals surface area contributed by atoms with E-state index in [1.807, 2.05) is 11.8 Å². The average molecular weight is 291 g/mol. The predicted molar refractivity (Wildman–Crippen MR) is 70.9 cm³/mol. The van der Waals surface area contributed by atoms with Crippen LogP contribution in [0.5, 0.6) is 0 Å². The highest BCUT2D eigenvalue weighted by molar-refractivity contribution is 9.10. The molecule has 1 fully saturated rings. The van der Waals surface area contributed by atoms with E-state index in [0.29, 0.717) is 0 Å². The minimum atomic E-state index is 0.0119. The van der Waals surface area contributed by atoms with Crippen molar-refractivity contribution in [2.24, 2.45) is 5.92 Å². The van der Waals surface area contributed by atoms with Crippen LogP contribution in [0.3, 0.4) is 0 Å². The Morgan fingerprint density at radius 2 is 2.00 bits per heavy atom. The lowest BCUT2D eigenvalue weighted by atomic mass is 9.96. The van der Waals surface area contributed by atoms with Gasteiger partial charge in [0.25, 0.3) is 0 Å². The number of hydrogen-bond acceptors (Lipinski definition) is 2. The lowest BCUT2D eigenvalue weighted by Crippen LogP contribution is -2.43. The van der Waals surface area contributed by atoms with Crippen LogP contribution in [0.2, 0.25) is 0 Å². The molecular formula is C12H23BrN2O. The minimum absolute atomic E-state index is 0.0119. The topological polar surface area (TPSA) is 23.6 Å². The first-order valence-corrected chi connectivity index (χ1v) is 7.03. The lowest BCUT2D eigenvalue weighted by Gasteiger charge is -2.34. The molecule has 0 saturated carbocycles. The number of halogens is 1. The Kier molecular flexibility index (Phi) is 5.76. The van der Waals surface area contributed by atoms with E-state index in [9.17, 15) is 4.79 Å². The van der Waals surface area contributed by atoms with Gasteiger partial charge in [-0.25, -0.2) is 0 Å². The van der Waals surface area contributed by atoms with Crippen molar-refractivity contribution in [2.45, 2.75) is 31.0 Å². The number of amides is 1. The third kappa shape index (κ3) is 4.06. The number of carbonyl (C=O) groups excluding carboxylic acids is 1. The molecule has 0 aromatic carbocycles. The van der Waals surface area contributed by atoms with E-state index in [2.05, 4.69) is 34.9 Å². The Balaban J connectivity index is 2.34. The van der Waals surface area contributed by atoms with Gasteiger partial charge in [-0.3, -0.25) is 4.79 Å². The first-order chi connectivity index (χ1) is 7.54. The number of alkyl halides is 1. The summed E-state index contributed by atoms with van der Waals surface area (Å²) in [6.45, 7) is 5.04. The van der Waals surface area contributed by atoms with Crippen molar-refractivity contribution in [3.63, 3.8) is 0 Å². The molecule has 4 heteroatoms. The molecule has 1 saturated heterocycles. The molecule has 1 amide bonds. The van der Waals surface area contributed by atoms with Gasteiger partial charge in [-0.1, -0.05) is 22.9 Å². The molecule has 1 rings (SSSR count). The van der Waals surface area contributed by atoms with Crippen LogP contribution in [0.1, 0.15) is 26.2 Å². The summed E-state index contributed by atoms with van der Waals surface area (Å²) in [5.74, 6) is 1.03. The van der Waals surface area contributed by atoms with Gasteiger partial charge in [0.05, 0.1) is 4.83 Å². The Labute approximate surface area is 107 Å². The first kappa shape index (κ1) is 14.0. The summed E-state index contributed by atoms with van der Waals surface area (Å²) in [4.78, 5) is 16.2. The molecular weight excluding hydrogens is 268 g/mol. The normalized spacial score (nSPS) is 20.2. The Morgan fingerprint density at radius 1 is 1.44 bits per heavy atom. The second-order valence-electron chi connectivity index (χ2n) is 4.91. The standard InChI is InChI=1S/C12H23BrN2O/c1-4-11(13)12(16)15-7-5-10(6-8-15)9-14(2)3/h10-11H,4-9H2,1-3H3. The third-order valence-corrected chi connectivity index (χ3v) is 4.22. The maximum absolute atomic E-state index is 11.9. The van der Waals surface area contributed by atoms with Crippen LogP contribution in [0, 0.1) is 5.92 Å². The van der Waals surface area contributed by atoms with Crippen LogP contribution in [-0.4, -0.2) is 54.3 Å². The minimum Gasteiger partial charge on any atom is -0.342 e. The number of carbonyl (C=O) groups is 1. The predicted octanol–water partition coefficient (Wildman–Crippen LogP) is 1.96. The quantitative estimate of drug-likeness (QED) is 0.739.